The quantitative estimate of drug-likeness (QED) is 0.790. The first kappa shape index (κ1) is 18.6. The number of aromatic amines is 1. The molecule has 1 aromatic carbocycles. The fourth-order valence-electron chi connectivity index (χ4n) is 3.52. The number of nitrogens with zero attached hydrogens (tertiary/aromatic N) is 2. The maximum atomic E-state index is 12.5. The molecule has 2 heterocycles. The zero-order chi connectivity index (χ0) is 19.3. The van der Waals surface area contributed by atoms with Crippen LogP contribution in [0.3, 0.4) is 0 Å². The minimum atomic E-state index is -0.381. The topological polar surface area (TPSA) is 96.5 Å². The van der Waals surface area contributed by atoms with E-state index in [0.717, 1.165) is 57.1 Å². The summed E-state index contributed by atoms with van der Waals surface area (Å²) in [5, 5.41) is 9.67. The molecule has 1 aliphatic carbocycles. The van der Waals surface area contributed by atoms with Gasteiger partial charge >= 0.3 is 0 Å². The van der Waals surface area contributed by atoms with Crippen LogP contribution in [-0.4, -0.2) is 66.2 Å². The van der Waals surface area contributed by atoms with E-state index in [1.54, 1.807) is 12.1 Å². The second-order valence-electron chi connectivity index (χ2n) is 6.98. The van der Waals surface area contributed by atoms with Crippen LogP contribution in [0.2, 0.25) is 0 Å². The van der Waals surface area contributed by atoms with Crippen LogP contribution >= 0.6 is 0 Å². The fraction of sp³-hybridized carbons (Fsp3) is 0.450. The van der Waals surface area contributed by atoms with Gasteiger partial charge in [-0.1, -0.05) is 0 Å². The van der Waals surface area contributed by atoms with Gasteiger partial charge in [-0.15, -0.1) is 0 Å². The van der Waals surface area contributed by atoms with E-state index in [1.807, 2.05) is 12.1 Å². The second kappa shape index (κ2) is 8.53. The molecule has 2 aromatic rings. The molecule has 8 nitrogen and oxygen atoms in total. The molecule has 2 aliphatic rings. The summed E-state index contributed by atoms with van der Waals surface area (Å²) in [6.45, 7) is 4.90. The summed E-state index contributed by atoms with van der Waals surface area (Å²) >= 11 is 0. The van der Waals surface area contributed by atoms with Crippen LogP contribution in [0.15, 0.2) is 24.3 Å². The largest absolute Gasteiger partial charge is 0.492 e. The number of Topliss-reactive ketones (excluding diaryl/α,β-unsaturated/α-hetero) is 1. The summed E-state index contributed by atoms with van der Waals surface area (Å²) in [5.74, 6) is 0.344. The van der Waals surface area contributed by atoms with E-state index < -0.39 is 0 Å². The fourth-order valence-corrected chi connectivity index (χ4v) is 3.52. The molecule has 0 saturated carbocycles. The number of fused-ring (bicyclic) bond motifs is 1. The summed E-state index contributed by atoms with van der Waals surface area (Å²) in [7, 11) is 0. The van der Waals surface area contributed by atoms with Gasteiger partial charge in [0.05, 0.1) is 18.8 Å². The minimum Gasteiger partial charge on any atom is -0.492 e. The summed E-state index contributed by atoms with van der Waals surface area (Å²) < 4.78 is 11.1. The molecule has 28 heavy (non-hydrogen) atoms. The van der Waals surface area contributed by atoms with E-state index in [2.05, 4.69) is 20.4 Å². The van der Waals surface area contributed by atoms with Gasteiger partial charge in [0.1, 0.15) is 12.4 Å². The lowest BCUT2D eigenvalue weighted by molar-refractivity contribution is 0.0322. The van der Waals surface area contributed by atoms with Gasteiger partial charge in [-0.05, 0) is 37.1 Å². The summed E-state index contributed by atoms with van der Waals surface area (Å²) in [6.07, 6.45) is 2.00. The Bertz CT molecular complexity index is 840. The van der Waals surface area contributed by atoms with E-state index in [4.69, 9.17) is 9.47 Å². The molecule has 1 amide bonds. The highest BCUT2D eigenvalue weighted by molar-refractivity contribution is 6.12. The Morgan fingerprint density at radius 1 is 1.21 bits per heavy atom. The number of morpholine rings is 1. The van der Waals surface area contributed by atoms with Gasteiger partial charge in [0.2, 0.25) is 0 Å². The molecule has 4 rings (SSSR count). The van der Waals surface area contributed by atoms with Crippen LogP contribution in [0.5, 0.6) is 5.75 Å². The number of H-pyrrole nitrogens is 1. The number of carbonyl (C=O) groups is 2. The number of hydrogen-bond donors (Lipinski definition) is 2. The first-order chi connectivity index (χ1) is 13.7. The number of rotatable bonds is 6. The van der Waals surface area contributed by atoms with Crippen LogP contribution < -0.4 is 10.1 Å². The van der Waals surface area contributed by atoms with Crippen LogP contribution in [-0.2, 0) is 11.2 Å². The van der Waals surface area contributed by atoms with Crippen molar-refractivity contribution in [1.82, 2.24) is 15.1 Å². The highest BCUT2D eigenvalue weighted by Gasteiger charge is 2.27. The van der Waals surface area contributed by atoms with E-state index in [1.165, 1.54) is 0 Å². The van der Waals surface area contributed by atoms with E-state index in [-0.39, 0.29) is 17.4 Å². The van der Waals surface area contributed by atoms with Gasteiger partial charge in [0, 0.05) is 37.4 Å². The lowest BCUT2D eigenvalue weighted by Crippen LogP contribution is -2.38. The molecule has 1 aromatic heterocycles. The molecule has 0 radical (unpaired) electrons. The number of ketones is 1. The van der Waals surface area contributed by atoms with Crippen LogP contribution in [0.4, 0.5) is 5.69 Å². The number of ether oxygens (including phenoxy) is 2. The van der Waals surface area contributed by atoms with Crippen LogP contribution in [0, 0.1) is 0 Å². The third-order valence-corrected chi connectivity index (χ3v) is 5.06. The van der Waals surface area contributed by atoms with Crippen molar-refractivity contribution < 1.29 is 19.1 Å². The molecule has 0 spiro atoms. The molecule has 8 heteroatoms. The predicted molar refractivity (Wildman–Crippen MR) is 103 cm³/mol. The lowest BCUT2D eigenvalue weighted by atomic mass is 9.94. The third kappa shape index (κ3) is 4.23. The van der Waals surface area contributed by atoms with Gasteiger partial charge in [0.25, 0.3) is 5.91 Å². The molecule has 1 saturated heterocycles. The third-order valence-electron chi connectivity index (χ3n) is 5.06. The van der Waals surface area contributed by atoms with Gasteiger partial charge in [-0.25, -0.2) is 0 Å². The number of amides is 1. The molecule has 1 fully saturated rings. The number of benzene rings is 1. The van der Waals surface area contributed by atoms with E-state index >= 15 is 0 Å². The van der Waals surface area contributed by atoms with Crippen LogP contribution in [0.1, 0.15) is 39.4 Å². The Labute approximate surface area is 163 Å². The lowest BCUT2D eigenvalue weighted by Gasteiger charge is -2.26. The first-order valence-corrected chi connectivity index (χ1v) is 9.65. The number of anilines is 1. The van der Waals surface area contributed by atoms with Crippen molar-refractivity contribution in [3.8, 4) is 5.75 Å². The van der Waals surface area contributed by atoms with Crippen molar-refractivity contribution in [2.45, 2.75) is 19.3 Å². The Balaban J connectivity index is 1.31. The van der Waals surface area contributed by atoms with Crippen molar-refractivity contribution in [2.75, 3.05) is 44.8 Å². The maximum Gasteiger partial charge on any atom is 0.276 e. The van der Waals surface area contributed by atoms with Gasteiger partial charge in [-0.2, -0.15) is 5.10 Å². The molecular formula is C20H24N4O4. The van der Waals surface area contributed by atoms with Crippen molar-refractivity contribution in [3.05, 3.63) is 41.2 Å². The average molecular weight is 384 g/mol. The Morgan fingerprint density at radius 2 is 2.00 bits per heavy atom. The average Bonchev–Trinajstić information content (AvgIpc) is 3.16. The maximum absolute atomic E-state index is 12.5. The number of hydrogen-bond acceptors (Lipinski definition) is 6. The number of carbonyl (C=O) groups excluding carboxylic acids is 2. The predicted octanol–water partition coefficient (Wildman–Crippen LogP) is 1.89. The van der Waals surface area contributed by atoms with Crippen LogP contribution in [0.25, 0.3) is 0 Å². The first-order valence-electron chi connectivity index (χ1n) is 9.65. The van der Waals surface area contributed by atoms with Crippen molar-refractivity contribution >= 4 is 17.4 Å². The Hall–Kier alpha value is -2.71. The van der Waals surface area contributed by atoms with Gasteiger partial charge in [-0.3, -0.25) is 19.6 Å². The second-order valence-corrected chi connectivity index (χ2v) is 6.98. The van der Waals surface area contributed by atoms with Crippen molar-refractivity contribution in [2.24, 2.45) is 0 Å². The van der Waals surface area contributed by atoms with Gasteiger partial charge < -0.3 is 14.8 Å². The normalized spacial score (nSPS) is 17.2. The Kier molecular flexibility index (Phi) is 5.68. The summed E-state index contributed by atoms with van der Waals surface area (Å²) in [6, 6.07) is 7.20. The smallest absolute Gasteiger partial charge is 0.276 e. The Morgan fingerprint density at radius 3 is 2.79 bits per heavy atom. The minimum absolute atomic E-state index is 0.0239. The van der Waals surface area contributed by atoms with Crippen molar-refractivity contribution in [3.63, 3.8) is 0 Å². The molecule has 2 N–H and O–H groups in total. The monoisotopic (exact) mass is 384 g/mol. The molecule has 0 unspecified atom stereocenters. The molecule has 0 atom stereocenters. The molecule has 148 valence electrons. The molecule has 1 aliphatic heterocycles. The van der Waals surface area contributed by atoms with Crippen molar-refractivity contribution in [1.29, 1.82) is 0 Å². The zero-order valence-electron chi connectivity index (χ0n) is 15.7. The highest BCUT2D eigenvalue weighted by atomic mass is 16.5. The van der Waals surface area contributed by atoms with E-state index in [0.29, 0.717) is 24.3 Å². The number of aromatic nitrogens is 2. The SMILES string of the molecule is O=C(Nc1ccc(OCCN2CCOCC2)cc1)c1n[nH]c2c1C(=O)CCC2. The standard InChI is InChI=1S/C20H24N4O4/c25-17-3-1-2-16-18(17)19(23-22-16)20(26)21-14-4-6-15(7-5-14)28-13-10-24-8-11-27-12-9-24/h4-7H,1-3,8-13H2,(H,21,26)(H,22,23). The highest BCUT2D eigenvalue weighted by Crippen LogP contribution is 2.23. The van der Waals surface area contributed by atoms with E-state index in [9.17, 15) is 9.59 Å². The number of nitrogens with one attached hydrogen (secondary N) is 2. The van der Waals surface area contributed by atoms with Gasteiger partial charge in [0.15, 0.2) is 11.5 Å². The summed E-state index contributed by atoms with van der Waals surface area (Å²) in [4.78, 5) is 27.0. The molecular weight excluding hydrogens is 360 g/mol. The molecule has 0 bridgehead atoms. The zero-order valence-corrected chi connectivity index (χ0v) is 15.7. The number of aryl methyl sites for hydroxylation is 1. The summed E-state index contributed by atoms with van der Waals surface area (Å²) in [5.41, 5.74) is 1.99.